The molecule has 0 aromatic carbocycles. The Kier molecular flexibility index (Phi) is 2.23. The second-order valence-corrected chi connectivity index (χ2v) is 5.78. The Balaban J connectivity index is 1.94. The molecule has 0 fully saturated rings. The molecule has 1 amide bonds. The van der Waals surface area contributed by atoms with Crippen LogP contribution in [0, 0.1) is 0 Å². The van der Waals surface area contributed by atoms with Crippen molar-refractivity contribution in [2.24, 2.45) is 4.99 Å². The number of rotatable bonds is 1. The fourth-order valence-corrected chi connectivity index (χ4v) is 4.00. The van der Waals surface area contributed by atoms with Crippen LogP contribution in [0.4, 0.5) is 0 Å². The number of hydrogen-bond donors (Lipinski definition) is 1. The molecule has 4 heterocycles. The van der Waals surface area contributed by atoms with E-state index in [1.165, 1.54) is 17.3 Å². The Morgan fingerprint density at radius 3 is 3.21 bits per heavy atom. The zero-order valence-electron chi connectivity index (χ0n) is 10.3. The van der Waals surface area contributed by atoms with Gasteiger partial charge in [-0.3, -0.25) is 9.89 Å². The first-order valence-electron chi connectivity index (χ1n) is 6.11. The third kappa shape index (κ3) is 1.46. The number of ether oxygens (including phenoxy) is 1. The van der Waals surface area contributed by atoms with Crippen LogP contribution in [0.5, 0.6) is 0 Å². The Hall–Kier alpha value is -1.82. The van der Waals surface area contributed by atoms with Crippen LogP contribution in [-0.2, 0) is 9.53 Å². The minimum absolute atomic E-state index is 0.0808. The maximum Gasteiger partial charge on any atom is 0.264 e. The van der Waals surface area contributed by atoms with E-state index in [1.54, 1.807) is 6.20 Å². The molecule has 1 unspecified atom stereocenters. The molecule has 1 aromatic heterocycles. The van der Waals surface area contributed by atoms with E-state index < -0.39 is 0 Å². The molecule has 6 heteroatoms. The summed E-state index contributed by atoms with van der Waals surface area (Å²) in [7, 11) is 0. The van der Waals surface area contributed by atoms with Gasteiger partial charge in [-0.1, -0.05) is 0 Å². The zero-order valence-corrected chi connectivity index (χ0v) is 11.1. The molecule has 96 valence electrons. The highest BCUT2D eigenvalue weighted by atomic mass is 32.2. The lowest BCUT2D eigenvalue weighted by molar-refractivity contribution is -0.116. The first kappa shape index (κ1) is 11.0. The van der Waals surface area contributed by atoms with Crippen LogP contribution in [-0.4, -0.2) is 33.7 Å². The second-order valence-electron chi connectivity index (χ2n) is 4.67. The summed E-state index contributed by atoms with van der Waals surface area (Å²) in [6.07, 6.45) is 4.41. The van der Waals surface area contributed by atoms with E-state index in [1.807, 2.05) is 13.1 Å². The van der Waals surface area contributed by atoms with E-state index in [0.717, 1.165) is 33.9 Å². The second kappa shape index (κ2) is 3.84. The predicted octanol–water partition coefficient (Wildman–Crippen LogP) is 1.91. The van der Waals surface area contributed by atoms with Crippen molar-refractivity contribution in [1.29, 1.82) is 0 Å². The molecule has 4 rings (SSSR count). The van der Waals surface area contributed by atoms with Crippen LogP contribution < -0.4 is 0 Å². The van der Waals surface area contributed by atoms with Gasteiger partial charge in [0.25, 0.3) is 5.91 Å². The van der Waals surface area contributed by atoms with Crippen LogP contribution in [0.15, 0.2) is 34.3 Å². The molecule has 1 N–H and O–H groups in total. The van der Waals surface area contributed by atoms with Crippen molar-refractivity contribution in [3.63, 3.8) is 0 Å². The van der Waals surface area contributed by atoms with Crippen molar-refractivity contribution in [2.45, 2.75) is 18.6 Å². The molecular weight excluding hydrogens is 262 g/mol. The van der Waals surface area contributed by atoms with Crippen LogP contribution in [0.1, 0.15) is 18.9 Å². The first-order chi connectivity index (χ1) is 9.25. The predicted molar refractivity (Wildman–Crippen MR) is 72.6 cm³/mol. The van der Waals surface area contributed by atoms with E-state index in [2.05, 4.69) is 15.2 Å². The summed E-state index contributed by atoms with van der Waals surface area (Å²) < 4.78 is 5.82. The van der Waals surface area contributed by atoms with Crippen molar-refractivity contribution >= 4 is 28.3 Å². The molecule has 0 spiro atoms. The minimum atomic E-state index is -0.237. The lowest BCUT2D eigenvalue weighted by atomic mass is 9.92. The summed E-state index contributed by atoms with van der Waals surface area (Å²) in [5.74, 6) is 0.767. The highest BCUT2D eigenvalue weighted by molar-refractivity contribution is 8.10. The standard InChI is InChI=1S/C13H11N3O2S/c1-6-8-2-3-18-10-9(8)12(13(17)16-6)19-11(10)7-4-14-15-5-7/h4-5,12H,2-3H2,1H3,(H,14,15). The maximum absolute atomic E-state index is 12.1. The number of nitrogens with one attached hydrogen (secondary N) is 1. The molecule has 5 nitrogen and oxygen atoms in total. The summed E-state index contributed by atoms with van der Waals surface area (Å²) in [4.78, 5) is 17.2. The van der Waals surface area contributed by atoms with Gasteiger partial charge in [0.05, 0.1) is 17.7 Å². The fraction of sp³-hybridized carbons (Fsp3) is 0.308. The molecule has 0 radical (unpaired) electrons. The van der Waals surface area contributed by atoms with Gasteiger partial charge in [0, 0.05) is 29.5 Å². The number of amides is 1. The molecule has 3 aliphatic heterocycles. The number of hydrogen-bond acceptors (Lipinski definition) is 4. The topological polar surface area (TPSA) is 67.3 Å². The van der Waals surface area contributed by atoms with Crippen LogP contribution in [0.2, 0.25) is 0 Å². The quantitative estimate of drug-likeness (QED) is 0.848. The van der Waals surface area contributed by atoms with Crippen molar-refractivity contribution in [3.05, 3.63) is 34.9 Å². The van der Waals surface area contributed by atoms with Gasteiger partial charge in [-0.05, 0) is 12.5 Å². The van der Waals surface area contributed by atoms with E-state index >= 15 is 0 Å². The van der Waals surface area contributed by atoms with Crippen molar-refractivity contribution in [2.75, 3.05) is 6.61 Å². The van der Waals surface area contributed by atoms with E-state index in [9.17, 15) is 4.79 Å². The number of H-pyrrole nitrogens is 1. The highest BCUT2D eigenvalue weighted by Crippen LogP contribution is 2.52. The summed E-state index contributed by atoms with van der Waals surface area (Å²) in [5, 5.41) is 6.53. The average Bonchev–Trinajstić information content (AvgIpc) is 3.03. The van der Waals surface area contributed by atoms with Gasteiger partial charge in [0.1, 0.15) is 11.0 Å². The number of aliphatic imine (C=N–C) groups is 1. The van der Waals surface area contributed by atoms with Gasteiger partial charge in [-0.2, -0.15) is 5.10 Å². The summed E-state index contributed by atoms with van der Waals surface area (Å²) in [6, 6.07) is 0. The number of thioether (sulfide) groups is 1. The lowest BCUT2D eigenvalue weighted by Crippen LogP contribution is -2.28. The largest absolute Gasteiger partial charge is 0.492 e. The number of carbonyl (C=O) groups excluding carboxylic acids is 1. The summed E-state index contributed by atoms with van der Waals surface area (Å²) in [5.41, 5.74) is 4.02. The van der Waals surface area contributed by atoms with Gasteiger partial charge in [-0.25, -0.2) is 4.99 Å². The average molecular weight is 273 g/mol. The molecule has 19 heavy (non-hydrogen) atoms. The molecule has 1 atom stereocenters. The third-order valence-corrected chi connectivity index (χ3v) is 4.90. The number of carbonyl (C=O) groups is 1. The number of dihydropyridines is 1. The maximum atomic E-state index is 12.1. The third-order valence-electron chi connectivity index (χ3n) is 3.57. The van der Waals surface area contributed by atoms with E-state index in [4.69, 9.17) is 4.74 Å². The molecule has 3 aliphatic rings. The monoisotopic (exact) mass is 273 g/mol. The van der Waals surface area contributed by atoms with Crippen molar-refractivity contribution in [1.82, 2.24) is 10.2 Å². The Morgan fingerprint density at radius 1 is 1.53 bits per heavy atom. The van der Waals surface area contributed by atoms with Crippen molar-refractivity contribution in [3.8, 4) is 0 Å². The SMILES string of the molecule is CC1=NC(=O)C2SC(c3cn[nH]c3)=C3OCCC1=C32. The molecule has 0 bridgehead atoms. The van der Waals surface area contributed by atoms with Crippen LogP contribution >= 0.6 is 11.8 Å². The molecule has 0 saturated carbocycles. The normalized spacial score (nSPS) is 25.4. The van der Waals surface area contributed by atoms with E-state index in [0.29, 0.717) is 6.61 Å². The Labute approximate surface area is 113 Å². The van der Waals surface area contributed by atoms with Crippen LogP contribution in [0.25, 0.3) is 4.91 Å². The smallest absolute Gasteiger partial charge is 0.264 e. The van der Waals surface area contributed by atoms with E-state index in [-0.39, 0.29) is 11.2 Å². The Bertz CT molecular complexity index is 670. The molecular formula is C13H11N3O2S. The van der Waals surface area contributed by atoms with Crippen LogP contribution in [0.3, 0.4) is 0 Å². The molecule has 0 aliphatic carbocycles. The lowest BCUT2D eigenvalue weighted by Gasteiger charge is -2.25. The first-order valence-corrected chi connectivity index (χ1v) is 6.99. The van der Waals surface area contributed by atoms with Gasteiger partial charge in [0.2, 0.25) is 0 Å². The molecule has 0 saturated heterocycles. The Morgan fingerprint density at radius 2 is 2.42 bits per heavy atom. The minimum Gasteiger partial charge on any atom is -0.492 e. The summed E-state index contributed by atoms with van der Waals surface area (Å²) >= 11 is 1.52. The van der Waals surface area contributed by atoms with Gasteiger partial charge in [-0.15, -0.1) is 11.8 Å². The number of aromatic amines is 1. The number of aromatic nitrogens is 2. The zero-order chi connectivity index (χ0) is 13.0. The molecule has 1 aromatic rings. The van der Waals surface area contributed by atoms with Gasteiger partial charge in [0.15, 0.2) is 0 Å². The van der Waals surface area contributed by atoms with Gasteiger partial charge < -0.3 is 4.74 Å². The number of nitrogens with zero attached hydrogens (tertiary/aromatic N) is 2. The summed E-state index contributed by atoms with van der Waals surface area (Å²) in [6.45, 7) is 2.55. The number of allylic oxidation sites excluding steroid dienone is 1. The van der Waals surface area contributed by atoms with Gasteiger partial charge >= 0.3 is 0 Å². The highest BCUT2D eigenvalue weighted by Gasteiger charge is 2.43. The fourth-order valence-electron chi connectivity index (χ4n) is 2.72. The van der Waals surface area contributed by atoms with Crippen molar-refractivity contribution < 1.29 is 9.53 Å².